The Balaban J connectivity index is 1.43. The van der Waals surface area contributed by atoms with Gasteiger partial charge in [0.05, 0.1) is 22.4 Å². The van der Waals surface area contributed by atoms with Crippen LogP contribution in [-0.4, -0.2) is 48.3 Å². The molecule has 2 aliphatic heterocycles. The molecule has 2 aromatic carbocycles. The van der Waals surface area contributed by atoms with Gasteiger partial charge in [-0.3, -0.25) is 9.59 Å². The molecule has 0 atom stereocenters. The van der Waals surface area contributed by atoms with Gasteiger partial charge in [-0.15, -0.1) is 0 Å². The van der Waals surface area contributed by atoms with Crippen LogP contribution in [0.15, 0.2) is 74.9 Å². The van der Waals surface area contributed by atoms with Crippen molar-refractivity contribution >= 4 is 15.9 Å². The van der Waals surface area contributed by atoms with Gasteiger partial charge >= 0.3 is 0 Å². The van der Waals surface area contributed by atoms with Gasteiger partial charge in [-0.2, -0.15) is 9.46 Å². The Kier molecular flexibility index (Phi) is 5.46. The predicted molar refractivity (Wildman–Crippen MR) is 121 cm³/mol. The fourth-order valence-electron chi connectivity index (χ4n) is 4.95. The number of aromatic nitrogens is 1. The lowest BCUT2D eigenvalue weighted by Crippen LogP contribution is -2.54. The zero-order valence-electron chi connectivity index (χ0n) is 18.1. The summed E-state index contributed by atoms with van der Waals surface area (Å²) in [6.45, 7) is 1.15. The summed E-state index contributed by atoms with van der Waals surface area (Å²) in [7, 11) is -3.63. The molecule has 8 nitrogen and oxygen atoms in total. The number of carbonyl (C=O) groups excluding carboxylic acids is 1. The number of fused-ring (bicyclic) bond motifs is 1. The number of aromatic amines is 1. The molecule has 1 aromatic heterocycles. The Hall–Kier alpha value is -3.17. The lowest BCUT2D eigenvalue weighted by molar-refractivity contribution is -0.140. The maximum atomic E-state index is 13.9. The molecule has 9 heteroatoms. The number of benzene rings is 2. The highest BCUT2D eigenvalue weighted by atomic mass is 32.2. The summed E-state index contributed by atoms with van der Waals surface area (Å²) in [4.78, 5) is 27.8. The standard InChI is InChI=1S/C24H25N3O5S/c28-22-20-11-14-26(17-21(20)32-25-22)23(29)24(18-7-3-1-4-8-18)12-15-27(16-13-24)33(30,31)19-9-5-2-6-10-19/h1-10H,11-17H2,(H,25,28). The molecule has 0 unspecified atom stereocenters. The highest BCUT2D eigenvalue weighted by Crippen LogP contribution is 2.39. The molecule has 0 bridgehead atoms. The van der Waals surface area contributed by atoms with E-state index >= 15 is 0 Å². The van der Waals surface area contributed by atoms with Crippen molar-refractivity contribution < 1.29 is 17.7 Å². The van der Waals surface area contributed by atoms with E-state index in [9.17, 15) is 18.0 Å². The molecule has 1 fully saturated rings. The zero-order valence-corrected chi connectivity index (χ0v) is 18.9. The second-order valence-corrected chi connectivity index (χ2v) is 10.5. The van der Waals surface area contributed by atoms with Gasteiger partial charge in [0, 0.05) is 19.6 Å². The minimum atomic E-state index is -3.63. The maximum Gasteiger partial charge on any atom is 0.283 e. The van der Waals surface area contributed by atoms with E-state index < -0.39 is 15.4 Å². The molecule has 1 saturated heterocycles. The second kappa shape index (κ2) is 8.31. The number of sulfonamides is 1. The van der Waals surface area contributed by atoms with Gasteiger partial charge < -0.3 is 9.42 Å². The molecule has 0 aliphatic carbocycles. The van der Waals surface area contributed by atoms with E-state index in [1.54, 1.807) is 35.2 Å². The summed E-state index contributed by atoms with van der Waals surface area (Å²) in [6, 6.07) is 18.0. The van der Waals surface area contributed by atoms with Gasteiger partial charge in [-0.1, -0.05) is 48.5 Å². The largest absolute Gasteiger partial charge is 0.381 e. The van der Waals surface area contributed by atoms with Gasteiger partial charge in [0.1, 0.15) is 0 Å². The zero-order chi connectivity index (χ0) is 23.1. The molecule has 3 heterocycles. The molecule has 0 spiro atoms. The van der Waals surface area contributed by atoms with Crippen LogP contribution in [0, 0.1) is 0 Å². The number of amides is 1. The Bertz CT molecular complexity index is 1310. The van der Waals surface area contributed by atoms with Crippen molar-refractivity contribution in [3.63, 3.8) is 0 Å². The number of piperidine rings is 1. The average molecular weight is 468 g/mol. The van der Waals surface area contributed by atoms with Crippen molar-refractivity contribution in [3.05, 3.63) is 87.9 Å². The number of carbonyl (C=O) groups is 1. The molecule has 5 rings (SSSR count). The fourth-order valence-corrected chi connectivity index (χ4v) is 6.41. The molecule has 0 radical (unpaired) electrons. The lowest BCUT2D eigenvalue weighted by Gasteiger charge is -2.43. The number of rotatable bonds is 4. The van der Waals surface area contributed by atoms with Crippen molar-refractivity contribution in [3.8, 4) is 0 Å². The Morgan fingerprint density at radius 1 is 0.939 bits per heavy atom. The summed E-state index contributed by atoms with van der Waals surface area (Å²) in [6.07, 6.45) is 1.19. The third-order valence-electron chi connectivity index (χ3n) is 6.82. The van der Waals surface area contributed by atoms with Crippen molar-refractivity contribution in [2.24, 2.45) is 0 Å². The maximum absolute atomic E-state index is 13.9. The first-order valence-electron chi connectivity index (χ1n) is 11.0. The number of nitrogens with one attached hydrogen (secondary N) is 1. The van der Waals surface area contributed by atoms with Gasteiger partial charge in [0.15, 0.2) is 5.76 Å². The van der Waals surface area contributed by atoms with Gasteiger partial charge in [-0.05, 0) is 37.0 Å². The third-order valence-corrected chi connectivity index (χ3v) is 8.74. The van der Waals surface area contributed by atoms with Crippen molar-refractivity contribution in [1.82, 2.24) is 14.4 Å². The highest BCUT2D eigenvalue weighted by Gasteiger charge is 2.47. The predicted octanol–water partition coefficient (Wildman–Crippen LogP) is 2.28. The van der Waals surface area contributed by atoms with E-state index in [1.807, 2.05) is 30.3 Å². The molecular weight excluding hydrogens is 442 g/mol. The first-order valence-corrected chi connectivity index (χ1v) is 12.5. The Labute approximate surface area is 191 Å². The third kappa shape index (κ3) is 3.71. The van der Waals surface area contributed by atoms with E-state index in [2.05, 4.69) is 5.16 Å². The van der Waals surface area contributed by atoms with E-state index in [-0.39, 0.29) is 36.0 Å². The average Bonchev–Trinajstić information content (AvgIpc) is 3.24. The van der Waals surface area contributed by atoms with Crippen LogP contribution < -0.4 is 5.56 Å². The monoisotopic (exact) mass is 467 g/mol. The molecule has 172 valence electrons. The summed E-state index contributed by atoms with van der Waals surface area (Å²) in [5.41, 5.74) is 0.400. The van der Waals surface area contributed by atoms with Crippen LogP contribution in [0.5, 0.6) is 0 Å². The summed E-state index contributed by atoms with van der Waals surface area (Å²) < 4.78 is 33.0. The number of nitrogens with zero attached hydrogens (tertiary/aromatic N) is 2. The van der Waals surface area contributed by atoms with Crippen molar-refractivity contribution in [2.45, 2.75) is 36.1 Å². The second-order valence-electron chi connectivity index (χ2n) is 8.58. The van der Waals surface area contributed by atoms with Crippen LogP contribution in [0.25, 0.3) is 0 Å². The first-order chi connectivity index (χ1) is 15.9. The van der Waals surface area contributed by atoms with Crippen LogP contribution in [-0.2, 0) is 33.2 Å². The topological polar surface area (TPSA) is 104 Å². The summed E-state index contributed by atoms with van der Waals surface area (Å²) in [5.74, 6) is 0.437. The number of hydrogen-bond donors (Lipinski definition) is 1. The summed E-state index contributed by atoms with van der Waals surface area (Å²) >= 11 is 0. The molecule has 1 amide bonds. The Morgan fingerprint density at radius 3 is 2.24 bits per heavy atom. The van der Waals surface area contributed by atoms with Crippen LogP contribution in [0.4, 0.5) is 0 Å². The SMILES string of the molecule is O=C(N1CCc2c(o[nH]c2=O)C1)C1(c2ccccc2)CCN(S(=O)(=O)c2ccccc2)CC1. The van der Waals surface area contributed by atoms with Gasteiger partial charge in [0.25, 0.3) is 5.56 Å². The molecule has 33 heavy (non-hydrogen) atoms. The van der Waals surface area contributed by atoms with Crippen molar-refractivity contribution in [2.75, 3.05) is 19.6 Å². The lowest BCUT2D eigenvalue weighted by atomic mass is 9.71. The minimum absolute atomic E-state index is 0.0556. The van der Waals surface area contributed by atoms with Crippen LogP contribution in [0.2, 0.25) is 0 Å². The Morgan fingerprint density at radius 2 is 1.58 bits per heavy atom. The number of hydrogen-bond acceptors (Lipinski definition) is 5. The van der Waals surface area contributed by atoms with Crippen molar-refractivity contribution in [1.29, 1.82) is 0 Å². The van der Waals surface area contributed by atoms with E-state index in [0.717, 1.165) is 5.56 Å². The molecule has 2 aliphatic rings. The van der Waals surface area contributed by atoms with E-state index in [0.29, 0.717) is 37.1 Å². The molecular formula is C24H25N3O5S. The fraction of sp³-hybridized carbons (Fsp3) is 0.333. The van der Waals surface area contributed by atoms with Crippen LogP contribution >= 0.6 is 0 Å². The van der Waals surface area contributed by atoms with E-state index in [1.165, 1.54) is 4.31 Å². The first kappa shape index (κ1) is 21.7. The number of H-pyrrole nitrogens is 1. The normalized spacial score (nSPS) is 18.6. The van der Waals surface area contributed by atoms with Gasteiger partial charge in [-0.25, -0.2) is 8.42 Å². The van der Waals surface area contributed by atoms with E-state index in [4.69, 9.17) is 4.52 Å². The highest BCUT2D eigenvalue weighted by molar-refractivity contribution is 7.89. The molecule has 3 aromatic rings. The molecule has 0 saturated carbocycles. The van der Waals surface area contributed by atoms with Crippen LogP contribution in [0.1, 0.15) is 29.7 Å². The minimum Gasteiger partial charge on any atom is -0.381 e. The quantitative estimate of drug-likeness (QED) is 0.634. The van der Waals surface area contributed by atoms with Crippen LogP contribution in [0.3, 0.4) is 0 Å². The van der Waals surface area contributed by atoms with Gasteiger partial charge in [0.2, 0.25) is 15.9 Å². The molecule has 1 N–H and O–H groups in total. The smallest absolute Gasteiger partial charge is 0.283 e. The summed E-state index contributed by atoms with van der Waals surface area (Å²) in [5, 5.41) is 2.36.